The molecule has 0 unspecified atom stereocenters. The van der Waals surface area contributed by atoms with Gasteiger partial charge < -0.3 is 15.5 Å². The smallest absolute Gasteiger partial charge is 0.297 e. The molecule has 0 aliphatic heterocycles. The maximum Gasteiger partial charge on any atom is 0.297 e. The number of amides is 1. The van der Waals surface area contributed by atoms with Gasteiger partial charge in [0.2, 0.25) is 0 Å². The first-order valence-electron chi connectivity index (χ1n) is 12.9. The Bertz CT molecular complexity index is 2750. The molecule has 0 atom stereocenters. The first-order chi connectivity index (χ1) is 22.6. The molecule has 5 aromatic rings. The van der Waals surface area contributed by atoms with Crippen LogP contribution in [0.25, 0.3) is 21.5 Å². The Labute approximate surface area is 389 Å². The molecule has 0 spiro atoms. The van der Waals surface area contributed by atoms with Crippen molar-refractivity contribution in [1.82, 2.24) is 0 Å². The summed E-state index contributed by atoms with van der Waals surface area (Å²) in [7, 11) is -20.6. The van der Waals surface area contributed by atoms with Gasteiger partial charge in [-0.3, -0.25) is 23.0 Å². The molecule has 0 aromatic heterocycles. The summed E-state index contributed by atoms with van der Waals surface area (Å²) in [5.41, 5.74) is -2.82. The Morgan fingerprint density at radius 1 is 0.604 bits per heavy atom. The van der Waals surface area contributed by atoms with Crippen molar-refractivity contribution in [2.24, 2.45) is 10.2 Å². The zero-order valence-electron chi connectivity index (χ0n) is 27.8. The predicted octanol–water partition coefficient (Wildman–Crippen LogP) is 2.54. The van der Waals surface area contributed by atoms with Gasteiger partial charge in [-0.2, -0.15) is 33.7 Å². The van der Waals surface area contributed by atoms with E-state index in [4.69, 9.17) is 0 Å². The van der Waals surface area contributed by atoms with Crippen LogP contribution >= 0.6 is 0 Å². The Morgan fingerprint density at radius 2 is 1.21 bits per heavy atom. The molecule has 18 nitrogen and oxygen atoms in total. The Kier molecular flexibility index (Phi) is 17.4. The summed E-state index contributed by atoms with van der Waals surface area (Å²) < 4.78 is 137. The summed E-state index contributed by atoms with van der Waals surface area (Å²) >= 11 is 0. The van der Waals surface area contributed by atoms with Crippen molar-refractivity contribution in [3.05, 3.63) is 78.4 Å². The first kappa shape index (κ1) is 49.9. The second-order valence-corrected chi connectivity index (χ2v) is 15.5. The van der Waals surface area contributed by atoms with E-state index in [2.05, 4.69) is 15.5 Å². The number of hydrogen-bond donors (Lipinski definition) is 7. The number of phenols is 2. The van der Waals surface area contributed by atoms with E-state index in [1.54, 1.807) is 0 Å². The normalized spacial score (nSPS) is 11.9. The number of nitrogens with one attached hydrogen (secondary N) is 1. The molecule has 0 saturated heterocycles. The second kappa shape index (κ2) is 18.5. The second-order valence-electron chi connectivity index (χ2n) is 9.98. The molecule has 260 valence electrons. The van der Waals surface area contributed by atoms with Crippen LogP contribution in [-0.2, 0) is 40.5 Å². The Balaban J connectivity index is 0.00000351. The van der Waals surface area contributed by atoms with Crippen LogP contribution in [0.2, 0.25) is 0 Å². The average Bonchev–Trinajstić information content (AvgIpc) is 2.97. The van der Waals surface area contributed by atoms with Gasteiger partial charge in [-0.25, -0.2) is 0 Å². The number of carbonyl (C=O) groups excluding carboxylic acids is 1. The molecule has 5 rings (SSSR count). The van der Waals surface area contributed by atoms with Crippen molar-refractivity contribution in [3.8, 4) is 11.5 Å². The molecule has 0 heterocycles. The van der Waals surface area contributed by atoms with E-state index in [1.165, 1.54) is 18.2 Å². The fraction of sp³-hybridized carbons (Fsp3) is 0. The topological polar surface area (TPSA) is 312 Å². The molecule has 4 radical (unpaired) electrons. The Morgan fingerprint density at radius 3 is 1.75 bits per heavy atom. The van der Waals surface area contributed by atoms with Gasteiger partial charge in [0, 0.05) is 134 Å². The molecule has 0 saturated carbocycles. The van der Waals surface area contributed by atoms with Gasteiger partial charge in [-0.1, -0.05) is 30.3 Å². The number of nitrogens with zero attached hydrogens (tertiary/aromatic N) is 2. The number of fused-ring (bicyclic) bond motifs is 2. The van der Waals surface area contributed by atoms with Gasteiger partial charge in [-0.05, 0) is 47.9 Å². The molecule has 53 heavy (non-hydrogen) atoms. The number of para-hydroxylation sites is 1. The van der Waals surface area contributed by atoms with Crippen LogP contribution in [0.1, 0.15) is 10.4 Å². The van der Waals surface area contributed by atoms with Crippen molar-refractivity contribution in [2.45, 2.75) is 19.6 Å². The number of aromatic hydroxyl groups is 2. The van der Waals surface area contributed by atoms with E-state index in [9.17, 15) is 66.9 Å². The monoisotopic (exact) mass is 845 g/mol. The number of rotatable bonds is 8. The molecule has 5 aromatic carbocycles. The standard InChI is InChI=1S/C27H19N3O15S4.4Na/c31-20-6-2-1-4-17(20)27(33)28-19-12-14(46(34,35)36)10-13-11-22(48(40,41)42)24(25(32)23(13)19)30-29-18-9-8-15-16(26(18)49(43,44)45)5-3-7-21(15)47(37,38)39;;;;/h1-12,31-32H,(H,28,33)(H,34,35,36)(H,37,38,39)(H,40,41,42)(H,43,44,45);;;;. The van der Waals surface area contributed by atoms with E-state index in [1.807, 2.05) is 0 Å². The largest absolute Gasteiger partial charge is 0.507 e. The molecule has 0 fully saturated rings. The SMILES string of the molecule is O=C(Nc1cc(S(=O)(=O)O)cc2cc(S(=O)(=O)O)c(N=Nc3ccc4c(S(=O)(=O)O)cccc4c3S(=O)(=O)O)c(O)c12)c1ccccc1O.[Na].[Na].[Na].[Na]. The molecule has 26 heteroatoms. The molecular weight excluding hydrogens is 827 g/mol. The summed E-state index contributed by atoms with van der Waals surface area (Å²) in [5.74, 6) is -2.80. The van der Waals surface area contributed by atoms with E-state index in [-0.39, 0.29) is 129 Å². The zero-order valence-corrected chi connectivity index (χ0v) is 39.1. The van der Waals surface area contributed by atoms with Crippen LogP contribution < -0.4 is 5.32 Å². The summed E-state index contributed by atoms with van der Waals surface area (Å²) in [6.45, 7) is 0. The third kappa shape index (κ3) is 10.9. The first-order valence-corrected chi connectivity index (χ1v) is 18.7. The van der Waals surface area contributed by atoms with Crippen LogP contribution in [-0.4, -0.2) is 186 Å². The van der Waals surface area contributed by atoms with Crippen molar-refractivity contribution in [3.63, 3.8) is 0 Å². The fourth-order valence-electron chi connectivity index (χ4n) is 4.82. The van der Waals surface area contributed by atoms with Crippen LogP contribution in [0.4, 0.5) is 17.1 Å². The van der Waals surface area contributed by atoms with Gasteiger partial charge in [-0.15, -0.1) is 10.2 Å². The van der Waals surface area contributed by atoms with Crippen molar-refractivity contribution in [1.29, 1.82) is 0 Å². The summed E-state index contributed by atoms with van der Waals surface area (Å²) in [6, 6.07) is 11.8. The zero-order chi connectivity index (χ0) is 36.3. The fourth-order valence-corrected chi connectivity index (χ4v) is 7.56. The van der Waals surface area contributed by atoms with E-state index in [0.717, 1.165) is 36.4 Å². The van der Waals surface area contributed by atoms with Gasteiger partial charge in [0.05, 0.1) is 16.1 Å². The van der Waals surface area contributed by atoms with Gasteiger partial charge in [0.25, 0.3) is 46.4 Å². The average molecular weight is 846 g/mol. The summed E-state index contributed by atoms with van der Waals surface area (Å²) in [4.78, 5) is 9.05. The minimum Gasteiger partial charge on any atom is -0.507 e. The number of phenolic OH excluding ortho intramolecular Hbond substituents is 2. The van der Waals surface area contributed by atoms with Crippen molar-refractivity contribution >= 4 is 203 Å². The van der Waals surface area contributed by atoms with E-state index < -0.39 is 111 Å². The van der Waals surface area contributed by atoms with Crippen LogP contribution in [0.15, 0.2) is 103 Å². The van der Waals surface area contributed by atoms with Gasteiger partial charge in [0.15, 0.2) is 5.75 Å². The molecular formula is C27H19N3Na4O15S4. The minimum atomic E-state index is -5.39. The minimum absolute atomic E-state index is 0. The summed E-state index contributed by atoms with van der Waals surface area (Å²) in [5, 5.41) is 28.9. The quantitative estimate of drug-likeness (QED) is 0.0671. The summed E-state index contributed by atoms with van der Waals surface area (Å²) in [6.07, 6.45) is 0. The van der Waals surface area contributed by atoms with Gasteiger partial charge in [0.1, 0.15) is 31.8 Å². The van der Waals surface area contributed by atoms with Crippen LogP contribution in [0.5, 0.6) is 11.5 Å². The molecule has 7 N–H and O–H groups in total. The number of azo groups is 1. The molecule has 0 bridgehead atoms. The third-order valence-electron chi connectivity index (χ3n) is 6.84. The molecule has 0 aliphatic carbocycles. The predicted molar refractivity (Wildman–Crippen MR) is 192 cm³/mol. The van der Waals surface area contributed by atoms with Crippen molar-refractivity contribution < 1.29 is 66.9 Å². The van der Waals surface area contributed by atoms with E-state index >= 15 is 0 Å². The van der Waals surface area contributed by atoms with Crippen molar-refractivity contribution in [2.75, 3.05) is 5.32 Å². The number of anilines is 1. The van der Waals surface area contributed by atoms with Crippen LogP contribution in [0, 0.1) is 0 Å². The van der Waals surface area contributed by atoms with Crippen LogP contribution in [0.3, 0.4) is 0 Å². The number of benzene rings is 5. The van der Waals surface area contributed by atoms with Gasteiger partial charge >= 0.3 is 0 Å². The molecule has 0 aliphatic rings. The number of hydrogen-bond acceptors (Lipinski definition) is 13. The Hall–Kier alpha value is -1.07. The third-order valence-corrected chi connectivity index (χ3v) is 10.4. The number of carbonyl (C=O) groups is 1. The van der Waals surface area contributed by atoms with E-state index in [0.29, 0.717) is 18.2 Å². The maximum absolute atomic E-state index is 13.0. The maximum atomic E-state index is 13.0. The molecule has 1 amide bonds.